The molecule has 0 saturated carbocycles. The van der Waals surface area contributed by atoms with Gasteiger partial charge >= 0.3 is 0 Å². The molecule has 21 heavy (non-hydrogen) atoms. The van der Waals surface area contributed by atoms with Gasteiger partial charge in [0.25, 0.3) is 5.56 Å². The number of aromatic amines is 1. The average molecular weight is 301 g/mol. The van der Waals surface area contributed by atoms with Crippen LogP contribution in [0.15, 0.2) is 47.5 Å². The number of nitrogens with one attached hydrogen (secondary N) is 2. The number of benzene rings is 2. The Balaban J connectivity index is 1.90. The molecule has 106 valence electrons. The topological polar surface area (TPSA) is 83.8 Å². The molecule has 3 aromatic rings. The normalized spacial score (nSPS) is 10.7. The molecule has 4 N–H and O–H groups in total. The lowest BCUT2D eigenvalue weighted by atomic mass is 10.1. The van der Waals surface area contributed by atoms with Gasteiger partial charge in [0.05, 0.1) is 28.6 Å². The molecule has 6 heteroatoms. The van der Waals surface area contributed by atoms with Crippen LogP contribution in [-0.4, -0.2) is 9.97 Å². The third-order valence-corrected chi connectivity index (χ3v) is 3.42. The van der Waals surface area contributed by atoms with Gasteiger partial charge in [0.2, 0.25) is 0 Å². The van der Waals surface area contributed by atoms with Crippen LogP contribution in [0.4, 0.5) is 11.4 Å². The quantitative estimate of drug-likeness (QED) is 0.649. The van der Waals surface area contributed by atoms with Crippen LogP contribution in [0.25, 0.3) is 10.9 Å². The predicted octanol–water partition coefficient (Wildman–Crippen LogP) is 2.77. The molecule has 0 atom stereocenters. The Bertz CT molecular complexity index is 860. The molecular formula is C15H13ClN4O. The van der Waals surface area contributed by atoms with Crippen molar-refractivity contribution in [3.63, 3.8) is 0 Å². The zero-order chi connectivity index (χ0) is 14.8. The standard InChI is InChI=1S/C15H13ClN4O/c16-10-3-1-2-9(4-10)7-18-14-6-13-11(5-12(14)17)15(21)20-8-19-13/h1-6,8,18H,7,17H2,(H,19,20,21). The van der Waals surface area contributed by atoms with Crippen molar-refractivity contribution in [2.24, 2.45) is 0 Å². The molecule has 0 aliphatic heterocycles. The van der Waals surface area contributed by atoms with Crippen LogP contribution in [0.1, 0.15) is 5.56 Å². The average Bonchev–Trinajstić information content (AvgIpc) is 2.46. The smallest absolute Gasteiger partial charge is 0.258 e. The summed E-state index contributed by atoms with van der Waals surface area (Å²) < 4.78 is 0. The Morgan fingerprint density at radius 1 is 1.29 bits per heavy atom. The van der Waals surface area contributed by atoms with Gasteiger partial charge in [-0.2, -0.15) is 0 Å². The van der Waals surface area contributed by atoms with Crippen LogP contribution in [0.3, 0.4) is 0 Å². The zero-order valence-corrected chi connectivity index (χ0v) is 11.8. The second kappa shape index (κ2) is 5.46. The summed E-state index contributed by atoms with van der Waals surface area (Å²) in [6.45, 7) is 0.583. The first-order valence-corrected chi connectivity index (χ1v) is 6.76. The number of nitrogens with two attached hydrogens (primary N) is 1. The van der Waals surface area contributed by atoms with E-state index in [1.807, 2.05) is 24.3 Å². The summed E-state index contributed by atoms with van der Waals surface area (Å²) in [5.41, 5.74) is 8.66. The first-order valence-electron chi connectivity index (χ1n) is 6.39. The first kappa shape index (κ1) is 13.5. The van der Waals surface area contributed by atoms with Crippen LogP contribution in [0.5, 0.6) is 0 Å². The molecule has 1 heterocycles. The lowest BCUT2D eigenvalue weighted by Crippen LogP contribution is -2.08. The summed E-state index contributed by atoms with van der Waals surface area (Å²) in [6.07, 6.45) is 1.38. The molecule has 0 radical (unpaired) electrons. The SMILES string of the molecule is Nc1cc2c(=O)[nH]cnc2cc1NCc1cccc(Cl)c1. The fourth-order valence-corrected chi connectivity index (χ4v) is 2.34. The molecule has 3 rings (SSSR count). The lowest BCUT2D eigenvalue weighted by Gasteiger charge is -2.10. The second-order valence-corrected chi connectivity index (χ2v) is 5.11. The van der Waals surface area contributed by atoms with E-state index >= 15 is 0 Å². The Morgan fingerprint density at radius 2 is 2.14 bits per heavy atom. The van der Waals surface area contributed by atoms with Gasteiger partial charge in [-0.1, -0.05) is 23.7 Å². The zero-order valence-electron chi connectivity index (χ0n) is 11.1. The highest BCUT2D eigenvalue weighted by atomic mass is 35.5. The number of fused-ring (bicyclic) bond motifs is 1. The van der Waals surface area contributed by atoms with Crippen molar-refractivity contribution in [2.45, 2.75) is 6.54 Å². The van der Waals surface area contributed by atoms with Crippen molar-refractivity contribution in [3.8, 4) is 0 Å². The van der Waals surface area contributed by atoms with Gasteiger partial charge in [0.15, 0.2) is 0 Å². The summed E-state index contributed by atoms with van der Waals surface area (Å²) in [5.74, 6) is 0. The van der Waals surface area contributed by atoms with Gasteiger partial charge in [0.1, 0.15) is 0 Å². The molecular weight excluding hydrogens is 288 g/mol. The number of halogens is 1. The van der Waals surface area contributed by atoms with Crippen molar-refractivity contribution in [1.29, 1.82) is 0 Å². The molecule has 0 unspecified atom stereocenters. The van der Waals surface area contributed by atoms with E-state index in [1.54, 1.807) is 12.1 Å². The number of H-pyrrole nitrogens is 1. The Morgan fingerprint density at radius 3 is 2.95 bits per heavy atom. The minimum absolute atomic E-state index is 0.201. The molecule has 0 amide bonds. The number of nitrogens with zero attached hydrogens (tertiary/aromatic N) is 1. The van der Waals surface area contributed by atoms with Crippen LogP contribution < -0.4 is 16.6 Å². The Kier molecular flexibility index (Phi) is 3.50. The highest BCUT2D eigenvalue weighted by Crippen LogP contribution is 2.23. The van der Waals surface area contributed by atoms with Gasteiger partial charge in [-0.25, -0.2) is 4.98 Å². The first-order chi connectivity index (χ1) is 10.1. The number of anilines is 2. The third kappa shape index (κ3) is 2.83. The van der Waals surface area contributed by atoms with E-state index in [-0.39, 0.29) is 5.56 Å². The molecule has 5 nitrogen and oxygen atoms in total. The summed E-state index contributed by atoms with van der Waals surface area (Å²) in [5, 5.41) is 4.40. The highest BCUT2D eigenvalue weighted by molar-refractivity contribution is 6.30. The van der Waals surface area contributed by atoms with E-state index in [0.29, 0.717) is 28.2 Å². The number of aromatic nitrogens is 2. The molecule has 0 bridgehead atoms. The maximum atomic E-state index is 11.7. The number of nitrogen functional groups attached to an aromatic ring is 1. The van der Waals surface area contributed by atoms with Crippen LogP contribution >= 0.6 is 11.6 Å². The summed E-state index contributed by atoms with van der Waals surface area (Å²) in [4.78, 5) is 18.3. The molecule has 0 spiro atoms. The van der Waals surface area contributed by atoms with Crippen molar-refractivity contribution in [2.75, 3.05) is 11.1 Å². The highest BCUT2D eigenvalue weighted by Gasteiger charge is 2.06. The van der Waals surface area contributed by atoms with E-state index in [2.05, 4.69) is 15.3 Å². The molecule has 0 fully saturated rings. The maximum absolute atomic E-state index is 11.7. The predicted molar refractivity (Wildman–Crippen MR) is 85.6 cm³/mol. The summed E-state index contributed by atoms with van der Waals surface area (Å²) >= 11 is 5.95. The summed E-state index contributed by atoms with van der Waals surface area (Å²) in [7, 11) is 0. The molecule has 0 aliphatic rings. The van der Waals surface area contributed by atoms with Crippen molar-refractivity contribution in [3.05, 3.63) is 63.7 Å². The number of hydrogen-bond donors (Lipinski definition) is 3. The van der Waals surface area contributed by atoms with E-state index in [1.165, 1.54) is 6.33 Å². The maximum Gasteiger partial charge on any atom is 0.258 e. The summed E-state index contributed by atoms with van der Waals surface area (Å²) in [6, 6.07) is 11.0. The fraction of sp³-hybridized carbons (Fsp3) is 0.0667. The van der Waals surface area contributed by atoms with E-state index in [0.717, 1.165) is 11.3 Å². The fourth-order valence-electron chi connectivity index (χ4n) is 2.13. The van der Waals surface area contributed by atoms with Crippen LogP contribution in [0.2, 0.25) is 5.02 Å². The van der Waals surface area contributed by atoms with Gasteiger partial charge in [0, 0.05) is 11.6 Å². The van der Waals surface area contributed by atoms with Gasteiger partial charge in [-0.05, 0) is 29.8 Å². The van der Waals surface area contributed by atoms with E-state index in [4.69, 9.17) is 17.3 Å². The molecule has 0 saturated heterocycles. The minimum atomic E-state index is -0.201. The second-order valence-electron chi connectivity index (χ2n) is 4.67. The largest absolute Gasteiger partial charge is 0.397 e. The van der Waals surface area contributed by atoms with Gasteiger partial charge in [-0.15, -0.1) is 0 Å². The van der Waals surface area contributed by atoms with Gasteiger partial charge < -0.3 is 16.0 Å². The lowest BCUT2D eigenvalue weighted by molar-refractivity contribution is 1.14. The van der Waals surface area contributed by atoms with Gasteiger partial charge in [-0.3, -0.25) is 4.79 Å². The van der Waals surface area contributed by atoms with Crippen LogP contribution in [0, 0.1) is 0 Å². The molecule has 1 aromatic heterocycles. The Labute approximate surface area is 125 Å². The van der Waals surface area contributed by atoms with Crippen molar-refractivity contribution >= 4 is 33.9 Å². The van der Waals surface area contributed by atoms with Crippen molar-refractivity contribution < 1.29 is 0 Å². The molecule has 2 aromatic carbocycles. The number of hydrogen-bond acceptors (Lipinski definition) is 4. The monoisotopic (exact) mass is 300 g/mol. The third-order valence-electron chi connectivity index (χ3n) is 3.18. The van der Waals surface area contributed by atoms with E-state index < -0.39 is 0 Å². The Hall–Kier alpha value is -2.53. The number of rotatable bonds is 3. The van der Waals surface area contributed by atoms with Crippen LogP contribution in [-0.2, 0) is 6.54 Å². The minimum Gasteiger partial charge on any atom is -0.397 e. The molecule has 0 aliphatic carbocycles. The van der Waals surface area contributed by atoms with Crippen molar-refractivity contribution in [1.82, 2.24) is 9.97 Å². The van der Waals surface area contributed by atoms with E-state index in [9.17, 15) is 4.79 Å².